The van der Waals surface area contributed by atoms with Crippen LogP contribution in [0.4, 0.5) is 4.39 Å². The maximum absolute atomic E-state index is 12.9. The number of aromatic hydroxyl groups is 1. The SMILES string of the molecule is CCC(C)C(O)CNC(=O)c1nn(-c2ccc(F)cc2)cc1O. The van der Waals surface area contributed by atoms with Crippen LogP contribution in [-0.4, -0.2) is 38.5 Å². The largest absolute Gasteiger partial charge is 0.504 e. The first kappa shape index (κ1) is 17.0. The van der Waals surface area contributed by atoms with Crippen molar-refractivity contribution in [2.45, 2.75) is 26.4 Å². The Morgan fingerprint density at radius 3 is 2.65 bits per heavy atom. The van der Waals surface area contributed by atoms with E-state index in [2.05, 4.69) is 10.4 Å². The molecule has 0 bridgehead atoms. The number of nitrogens with zero attached hydrogens (tertiary/aromatic N) is 2. The van der Waals surface area contributed by atoms with Crippen molar-refractivity contribution in [1.29, 1.82) is 0 Å². The van der Waals surface area contributed by atoms with Crippen LogP contribution in [0, 0.1) is 11.7 Å². The highest BCUT2D eigenvalue weighted by atomic mass is 19.1. The highest BCUT2D eigenvalue weighted by Crippen LogP contribution is 2.18. The fourth-order valence-electron chi connectivity index (χ4n) is 2.01. The van der Waals surface area contributed by atoms with Crippen molar-refractivity contribution in [3.8, 4) is 11.4 Å². The van der Waals surface area contributed by atoms with Crippen molar-refractivity contribution in [3.63, 3.8) is 0 Å². The number of rotatable bonds is 6. The van der Waals surface area contributed by atoms with Crippen LogP contribution < -0.4 is 5.32 Å². The Morgan fingerprint density at radius 2 is 2.04 bits per heavy atom. The number of hydrogen-bond donors (Lipinski definition) is 3. The molecule has 7 heteroatoms. The normalized spacial score (nSPS) is 13.6. The number of carbonyl (C=O) groups is 1. The molecule has 23 heavy (non-hydrogen) atoms. The van der Waals surface area contributed by atoms with Gasteiger partial charge >= 0.3 is 0 Å². The van der Waals surface area contributed by atoms with Crippen LogP contribution in [0.25, 0.3) is 5.69 Å². The smallest absolute Gasteiger partial charge is 0.275 e. The average molecular weight is 321 g/mol. The minimum atomic E-state index is -0.662. The molecule has 2 rings (SSSR count). The second-order valence-corrected chi connectivity index (χ2v) is 5.45. The minimum absolute atomic E-state index is 0.0562. The number of aromatic nitrogens is 2. The van der Waals surface area contributed by atoms with Crippen LogP contribution in [-0.2, 0) is 0 Å². The van der Waals surface area contributed by atoms with E-state index in [1.807, 2.05) is 13.8 Å². The van der Waals surface area contributed by atoms with Gasteiger partial charge < -0.3 is 15.5 Å². The Balaban J connectivity index is 2.08. The number of nitrogens with one attached hydrogen (secondary N) is 1. The number of halogens is 1. The molecule has 0 aliphatic heterocycles. The molecule has 0 radical (unpaired) electrons. The zero-order chi connectivity index (χ0) is 17.0. The molecule has 3 N–H and O–H groups in total. The molecule has 0 saturated heterocycles. The van der Waals surface area contributed by atoms with Gasteiger partial charge in [0.05, 0.1) is 18.0 Å². The van der Waals surface area contributed by atoms with E-state index in [9.17, 15) is 19.4 Å². The summed E-state index contributed by atoms with van der Waals surface area (Å²) in [4.78, 5) is 12.1. The average Bonchev–Trinajstić information content (AvgIpc) is 2.94. The van der Waals surface area contributed by atoms with Crippen molar-refractivity contribution in [1.82, 2.24) is 15.1 Å². The molecule has 1 amide bonds. The van der Waals surface area contributed by atoms with Crippen molar-refractivity contribution >= 4 is 5.91 Å². The third-order valence-corrected chi connectivity index (χ3v) is 3.77. The van der Waals surface area contributed by atoms with Gasteiger partial charge in [0.2, 0.25) is 0 Å². The van der Waals surface area contributed by atoms with Gasteiger partial charge in [0, 0.05) is 6.54 Å². The summed E-state index contributed by atoms with van der Waals surface area (Å²) in [5.74, 6) is -1.20. The van der Waals surface area contributed by atoms with Gasteiger partial charge in [-0.1, -0.05) is 20.3 Å². The Labute approximate surface area is 133 Å². The third kappa shape index (κ3) is 4.07. The molecule has 2 unspecified atom stereocenters. The summed E-state index contributed by atoms with van der Waals surface area (Å²) in [6.07, 6.45) is 1.40. The van der Waals surface area contributed by atoms with Gasteiger partial charge in [0.15, 0.2) is 11.4 Å². The van der Waals surface area contributed by atoms with E-state index in [0.29, 0.717) is 5.69 Å². The summed E-state index contributed by atoms with van der Waals surface area (Å²) in [5.41, 5.74) is 0.367. The molecule has 1 aromatic heterocycles. The van der Waals surface area contributed by atoms with Gasteiger partial charge in [-0.3, -0.25) is 4.79 Å². The lowest BCUT2D eigenvalue weighted by Crippen LogP contribution is -2.35. The molecule has 0 fully saturated rings. The van der Waals surface area contributed by atoms with Gasteiger partial charge in [-0.2, -0.15) is 5.10 Å². The molecule has 2 aromatic rings. The zero-order valence-corrected chi connectivity index (χ0v) is 13.0. The lowest BCUT2D eigenvalue weighted by molar-refractivity contribution is 0.0843. The van der Waals surface area contributed by atoms with Gasteiger partial charge in [0.25, 0.3) is 5.91 Å². The monoisotopic (exact) mass is 321 g/mol. The number of amides is 1. The highest BCUT2D eigenvalue weighted by molar-refractivity contribution is 5.94. The van der Waals surface area contributed by atoms with Gasteiger partial charge in [-0.15, -0.1) is 0 Å². The fourth-order valence-corrected chi connectivity index (χ4v) is 2.01. The highest BCUT2D eigenvalue weighted by Gasteiger charge is 2.19. The quantitative estimate of drug-likeness (QED) is 0.758. The van der Waals surface area contributed by atoms with Gasteiger partial charge in [-0.05, 0) is 30.2 Å². The maximum Gasteiger partial charge on any atom is 0.275 e. The second-order valence-electron chi connectivity index (χ2n) is 5.45. The molecular formula is C16H20FN3O3. The van der Waals surface area contributed by atoms with Crippen LogP contribution in [0.2, 0.25) is 0 Å². The molecule has 1 heterocycles. The zero-order valence-electron chi connectivity index (χ0n) is 13.0. The number of benzene rings is 1. The van der Waals surface area contributed by atoms with Crippen molar-refractivity contribution in [2.24, 2.45) is 5.92 Å². The van der Waals surface area contributed by atoms with E-state index >= 15 is 0 Å². The van der Waals surface area contributed by atoms with Crippen LogP contribution in [0.1, 0.15) is 30.8 Å². The molecular weight excluding hydrogens is 301 g/mol. The number of hydrogen-bond acceptors (Lipinski definition) is 4. The summed E-state index contributed by atoms with van der Waals surface area (Å²) in [7, 11) is 0. The van der Waals surface area contributed by atoms with Crippen LogP contribution >= 0.6 is 0 Å². The second kappa shape index (κ2) is 7.23. The summed E-state index contributed by atoms with van der Waals surface area (Å²) in [6, 6.07) is 5.49. The van der Waals surface area contributed by atoms with Crippen molar-refractivity contribution < 1.29 is 19.4 Å². The van der Waals surface area contributed by atoms with Crippen molar-refractivity contribution in [3.05, 3.63) is 42.0 Å². The topological polar surface area (TPSA) is 87.4 Å². The molecule has 2 atom stereocenters. The molecule has 0 aliphatic carbocycles. The first-order valence-electron chi connectivity index (χ1n) is 7.43. The molecule has 124 valence electrons. The van der Waals surface area contributed by atoms with Crippen LogP contribution in [0.3, 0.4) is 0 Å². The molecule has 6 nitrogen and oxygen atoms in total. The lowest BCUT2D eigenvalue weighted by Gasteiger charge is -2.17. The first-order valence-corrected chi connectivity index (χ1v) is 7.43. The van der Waals surface area contributed by atoms with E-state index in [-0.39, 0.29) is 29.7 Å². The number of carbonyl (C=O) groups excluding carboxylic acids is 1. The molecule has 0 saturated carbocycles. The van der Waals surface area contributed by atoms with E-state index in [1.165, 1.54) is 35.1 Å². The maximum atomic E-state index is 12.9. The Kier molecular flexibility index (Phi) is 5.33. The lowest BCUT2D eigenvalue weighted by atomic mass is 10.0. The van der Waals surface area contributed by atoms with Crippen LogP contribution in [0.5, 0.6) is 5.75 Å². The summed E-state index contributed by atoms with van der Waals surface area (Å²) in [6.45, 7) is 3.92. The predicted molar refractivity (Wildman–Crippen MR) is 83.0 cm³/mol. The summed E-state index contributed by atoms with van der Waals surface area (Å²) >= 11 is 0. The Morgan fingerprint density at radius 1 is 1.39 bits per heavy atom. The van der Waals surface area contributed by atoms with Gasteiger partial charge in [0.1, 0.15) is 5.82 Å². The van der Waals surface area contributed by atoms with E-state index < -0.39 is 12.0 Å². The molecule has 1 aromatic carbocycles. The van der Waals surface area contributed by atoms with Gasteiger partial charge in [-0.25, -0.2) is 9.07 Å². The predicted octanol–water partition coefficient (Wildman–Crippen LogP) is 1.85. The van der Waals surface area contributed by atoms with Crippen molar-refractivity contribution in [2.75, 3.05) is 6.54 Å². The molecule has 0 spiro atoms. The molecule has 0 aliphatic rings. The number of aliphatic hydroxyl groups is 1. The minimum Gasteiger partial charge on any atom is -0.504 e. The fraction of sp³-hybridized carbons (Fsp3) is 0.375. The standard InChI is InChI=1S/C16H20FN3O3/c1-3-10(2)13(21)8-18-16(23)15-14(22)9-20(19-15)12-6-4-11(17)5-7-12/h4-7,9-10,13,21-22H,3,8H2,1-2H3,(H,18,23). The number of aliphatic hydroxyl groups excluding tert-OH is 1. The summed E-state index contributed by atoms with van der Waals surface area (Å²) < 4.78 is 14.2. The van der Waals surface area contributed by atoms with E-state index in [0.717, 1.165) is 6.42 Å². The summed E-state index contributed by atoms with van der Waals surface area (Å²) in [5, 5.41) is 26.3. The third-order valence-electron chi connectivity index (χ3n) is 3.77. The first-order chi connectivity index (χ1) is 10.9. The Hall–Kier alpha value is -2.41. The van der Waals surface area contributed by atoms with E-state index in [4.69, 9.17) is 0 Å². The van der Waals surface area contributed by atoms with Crippen LogP contribution in [0.15, 0.2) is 30.5 Å². The van der Waals surface area contributed by atoms with E-state index in [1.54, 1.807) is 0 Å². The Bertz CT molecular complexity index is 670.